The molecule has 2 aromatic rings. The normalized spacial score (nSPS) is 16.3. The first-order chi connectivity index (χ1) is 10.5. The molecule has 1 amide bonds. The number of hydrazone groups is 1. The number of amides is 1. The second-order valence-corrected chi connectivity index (χ2v) is 6.24. The summed E-state index contributed by atoms with van der Waals surface area (Å²) in [7, 11) is 0. The fourth-order valence-electron chi connectivity index (χ4n) is 2.17. The van der Waals surface area contributed by atoms with Gasteiger partial charge in [-0.3, -0.25) is 4.79 Å². The smallest absolute Gasteiger partial charge is 0.267 e. The SMILES string of the molecule is CC1=NN(c2ccc(Br)cc2)C(=O)C1=Cc1ccc(Cl)cc1. The van der Waals surface area contributed by atoms with Crippen LogP contribution in [0.15, 0.2) is 63.7 Å². The first-order valence-electron chi connectivity index (χ1n) is 6.67. The quantitative estimate of drug-likeness (QED) is 0.687. The summed E-state index contributed by atoms with van der Waals surface area (Å²) in [5, 5.41) is 6.44. The van der Waals surface area contributed by atoms with E-state index in [9.17, 15) is 4.79 Å². The average Bonchev–Trinajstić information content (AvgIpc) is 2.78. The van der Waals surface area contributed by atoms with Crippen molar-refractivity contribution in [1.29, 1.82) is 0 Å². The van der Waals surface area contributed by atoms with Crippen LogP contribution in [-0.2, 0) is 4.79 Å². The lowest BCUT2D eigenvalue weighted by atomic mass is 10.1. The molecule has 110 valence electrons. The number of anilines is 1. The van der Waals surface area contributed by atoms with Crippen LogP contribution in [0, 0.1) is 0 Å². The molecule has 3 rings (SSSR count). The molecule has 1 aliphatic heterocycles. The Morgan fingerprint density at radius 1 is 1.09 bits per heavy atom. The number of hydrogen-bond donors (Lipinski definition) is 0. The van der Waals surface area contributed by atoms with E-state index in [0.717, 1.165) is 15.7 Å². The first kappa shape index (κ1) is 15.0. The average molecular weight is 376 g/mol. The van der Waals surface area contributed by atoms with Crippen LogP contribution in [0.2, 0.25) is 5.02 Å². The van der Waals surface area contributed by atoms with Crippen LogP contribution < -0.4 is 5.01 Å². The third-order valence-corrected chi connectivity index (χ3v) is 4.10. The van der Waals surface area contributed by atoms with Crippen molar-refractivity contribution in [2.45, 2.75) is 6.92 Å². The van der Waals surface area contributed by atoms with Crippen molar-refractivity contribution in [3.8, 4) is 0 Å². The first-order valence-corrected chi connectivity index (χ1v) is 7.84. The van der Waals surface area contributed by atoms with Crippen molar-refractivity contribution < 1.29 is 4.79 Å². The van der Waals surface area contributed by atoms with Gasteiger partial charge in [0.15, 0.2) is 0 Å². The van der Waals surface area contributed by atoms with E-state index >= 15 is 0 Å². The van der Waals surface area contributed by atoms with E-state index in [1.54, 1.807) is 12.1 Å². The Morgan fingerprint density at radius 2 is 1.73 bits per heavy atom. The van der Waals surface area contributed by atoms with Gasteiger partial charge >= 0.3 is 0 Å². The molecular weight excluding hydrogens is 364 g/mol. The van der Waals surface area contributed by atoms with Crippen LogP contribution in [0.3, 0.4) is 0 Å². The summed E-state index contributed by atoms with van der Waals surface area (Å²) in [5.41, 5.74) is 2.94. The highest BCUT2D eigenvalue weighted by atomic mass is 79.9. The lowest BCUT2D eigenvalue weighted by Gasteiger charge is -2.11. The van der Waals surface area contributed by atoms with Gasteiger partial charge in [0.05, 0.1) is 17.0 Å². The van der Waals surface area contributed by atoms with Crippen LogP contribution in [0.5, 0.6) is 0 Å². The molecule has 2 aromatic carbocycles. The topological polar surface area (TPSA) is 32.7 Å². The highest BCUT2D eigenvalue weighted by Crippen LogP contribution is 2.26. The van der Waals surface area contributed by atoms with Crippen molar-refractivity contribution in [3.05, 3.63) is 69.2 Å². The highest BCUT2D eigenvalue weighted by molar-refractivity contribution is 9.10. The number of carbonyl (C=O) groups excluding carboxylic acids is 1. The van der Waals surface area contributed by atoms with Crippen LogP contribution >= 0.6 is 27.5 Å². The molecule has 0 aliphatic carbocycles. The molecule has 0 fully saturated rings. The van der Waals surface area contributed by atoms with Crippen LogP contribution in [0.25, 0.3) is 6.08 Å². The molecule has 22 heavy (non-hydrogen) atoms. The Balaban J connectivity index is 1.92. The van der Waals surface area contributed by atoms with E-state index in [1.807, 2.05) is 49.4 Å². The molecule has 0 bridgehead atoms. The van der Waals surface area contributed by atoms with Crippen molar-refractivity contribution in [2.24, 2.45) is 5.10 Å². The van der Waals surface area contributed by atoms with Gasteiger partial charge in [0.25, 0.3) is 5.91 Å². The van der Waals surface area contributed by atoms with Gasteiger partial charge in [0.2, 0.25) is 0 Å². The molecule has 1 heterocycles. The molecule has 3 nitrogen and oxygen atoms in total. The Morgan fingerprint density at radius 3 is 2.36 bits per heavy atom. The predicted molar refractivity (Wildman–Crippen MR) is 94.2 cm³/mol. The monoisotopic (exact) mass is 374 g/mol. The molecule has 1 aliphatic rings. The maximum Gasteiger partial charge on any atom is 0.280 e. The van der Waals surface area contributed by atoms with Crippen molar-refractivity contribution in [2.75, 3.05) is 5.01 Å². The Bertz CT molecular complexity index is 779. The number of rotatable bonds is 2. The molecule has 0 saturated heterocycles. The van der Waals surface area contributed by atoms with Crippen molar-refractivity contribution >= 4 is 50.9 Å². The van der Waals surface area contributed by atoms with Crippen LogP contribution in [0.1, 0.15) is 12.5 Å². The fourth-order valence-corrected chi connectivity index (χ4v) is 2.56. The summed E-state index contributed by atoms with van der Waals surface area (Å²) in [4.78, 5) is 12.6. The number of halogens is 2. The minimum absolute atomic E-state index is 0.130. The van der Waals surface area contributed by atoms with Gasteiger partial charge in [-0.2, -0.15) is 10.1 Å². The minimum Gasteiger partial charge on any atom is -0.267 e. The second kappa shape index (κ2) is 6.07. The Labute approximate surface area is 142 Å². The number of hydrogen-bond acceptors (Lipinski definition) is 2. The highest BCUT2D eigenvalue weighted by Gasteiger charge is 2.28. The molecule has 5 heteroatoms. The van der Waals surface area contributed by atoms with Gasteiger partial charge in [-0.15, -0.1) is 0 Å². The Kier molecular flexibility index (Phi) is 4.14. The van der Waals surface area contributed by atoms with Crippen molar-refractivity contribution in [1.82, 2.24) is 0 Å². The zero-order valence-electron chi connectivity index (χ0n) is 11.8. The number of nitrogens with zero attached hydrogens (tertiary/aromatic N) is 2. The van der Waals surface area contributed by atoms with Gasteiger partial charge in [0.1, 0.15) is 0 Å². The van der Waals surface area contributed by atoms with E-state index in [2.05, 4.69) is 21.0 Å². The lowest BCUT2D eigenvalue weighted by molar-refractivity contribution is -0.114. The third kappa shape index (κ3) is 2.98. The van der Waals surface area contributed by atoms with E-state index in [0.29, 0.717) is 16.3 Å². The molecule has 0 radical (unpaired) electrons. The summed E-state index contributed by atoms with van der Waals surface area (Å²) < 4.78 is 0.959. The van der Waals surface area contributed by atoms with Crippen LogP contribution in [-0.4, -0.2) is 11.6 Å². The van der Waals surface area contributed by atoms with Gasteiger partial charge in [0, 0.05) is 9.50 Å². The molecule has 0 atom stereocenters. The van der Waals surface area contributed by atoms with Gasteiger partial charge < -0.3 is 0 Å². The number of carbonyl (C=O) groups is 1. The molecule has 0 spiro atoms. The second-order valence-electron chi connectivity index (χ2n) is 4.89. The van der Waals surface area contributed by atoms with Crippen molar-refractivity contribution in [3.63, 3.8) is 0 Å². The van der Waals surface area contributed by atoms with Gasteiger partial charge in [-0.05, 0) is 55.0 Å². The summed E-state index contributed by atoms with van der Waals surface area (Å²) in [6, 6.07) is 14.8. The summed E-state index contributed by atoms with van der Waals surface area (Å²) in [6.45, 7) is 1.83. The zero-order chi connectivity index (χ0) is 15.7. The van der Waals surface area contributed by atoms with Gasteiger partial charge in [-0.1, -0.05) is 39.7 Å². The molecule has 0 unspecified atom stereocenters. The summed E-state index contributed by atoms with van der Waals surface area (Å²) >= 11 is 9.26. The minimum atomic E-state index is -0.130. The fraction of sp³-hybridized carbons (Fsp3) is 0.0588. The van der Waals surface area contributed by atoms with E-state index in [1.165, 1.54) is 5.01 Å². The summed E-state index contributed by atoms with van der Waals surface area (Å²) in [6.07, 6.45) is 1.83. The molecule has 0 saturated carbocycles. The molecular formula is C17H12BrClN2O. The van der Waals surface area contributed by atoms with Crippen LogP contribution in [0.4, 0.5) is 5.69 Å². The predicted octanol–water partition coefficient (Wildman–Crippen LogP) is 4.91. The van der Waals surface area contributed by atoms with E-state index in [4.69, 9.17) is 11.6 Å². The largest absolute Gasteiger partial charge is 0.280 e. The zero-order valence-corrected chi connectivity index (χ0v) is 14.1. The maximum atomic E-state index is 12.6. The summed E-state index contributed by atoms with van der Waals surface area (Å²) in [5.74, 6) is -0.130. The van der Waals surface area contributed by atoms with E-state index in [-0.39, 0.29) is 5.91 Å². The van der Waals surface area contributed by atoms with E-state index < -0.39 is 0 Å². The Hall–Kier alpha value is -1.91. The third-order valence-electron chi connectivity index (χ3n) is 3.31. The molecule has 0 aromatic heterocycles. The standard InChI is InChI=1S/C17H12BrClN2O/c1-11-16(10-12-2-6-14(19)7-3-12)17(22)21(20-11)15-8-4-13(18)5-9-15/h2-10H,1H3. The lowest BCUT2D eigenvalue weighted by Crippen LogP contribution is -2.21. The number of benzene rings is 2. The molecule has 0 N–H and O–H groups in total. The van der Waals surface area contributed by atoms with Gasteiger partial charge in [-0.25, -0.2) is 0 Å². The maximum absolute atomic E-state index is 12.6.